The number of phenols is 1. The van der Waals surface area contributed by atoms with E-state index in [9.17, 15) is 9.90 Å². The highest BCUT2D eigenvalue weighted by molar-refractivity contribution is 5.99. The van der Waals surface area contributed by atoms with Gasteiger partial charge < -0.3 is 10.8 Å². The zero-order valence-electron chi connectivity index (χ0n) is 11.0. The number of nitrogens with zero attached hydrogens (tertiary/aromatic N) is 1. The summed E-state index contributed by atoms with van der Waals surface area (Å²) in [6, 6.07) is 11.9. The minimum Gasteiger partial charge on any atom is -0.507 e. The lowest BCUT2D eigenvalue weighted by Gasteiger charge is -2.03. The van der Waals surface area contributed by atoms with Gasteiger partial charge in [-0.2, -0.15) is 5.10 Å². The van der Waals surface area contributed by atoms with Gasteiger partial charge in [-0.25, -0.2) is 5.43 Å². The highest BCUT2D eigenvalue weighted by Crippen LogP contribution is 2.15. The molecule has 2 aromatic rings. The number of rotatable bonds is 3. The number of hydrogen-bond donors (Lipinski definition) is 3. The number of carbonyl (C=O) groups is 1. The van der Waals surface area contributed by atoms with E-state index >= 15 is 0 Å². The Hall–Kier alpha value is -2.82. The molecular formula is C15H15N3O2. The van der Waals surface area contributed by atoms with Gasteiger partial charge in [0.1, 0.15) is 5.75 Å². The monoisotopic (exact) mass is 269 g/mol. The normalized spacial score (nSPS) is 10.7. The van der Waals surface area contributed by atoms with Crippen LogP contribution in [-0.4, -0.2) is 17.2 Å². The predicted octanol–water partition coefficient (Wildman–Crippen LogP) is 2.05. The second-order valence-electron chi connectivity index (χ2n) is 4.35. The minimum absolute atomic E-state index is 0.104. The number of hydrazone groups is 1. The van der Waals surface area contributed by atoms with Gasteiger partial charge in [0.05, 0.1) is 11.8 Å². The summed E-state index contributed by atoms with van der Waals surface area (Å²) < 4.78 is 0. The van der Waals surface area contributed by atoms with Crippen LogP contribution < -0.4 is 11.2 Å². The summed E-state index contributed by atoms with van der Waals surface area (Å²) in [4.78, 5) is 11.8. The van der Waals surface area contributed by atoms with Gasteiger partial charge in [0.15, 0.2) is 0 Å². The smallest absolute Gasteiger partial charge is 0.273 e. The van der Waals surface area contributed by atoms with Crippen molar-refractivity contribution in [1.29, 1.82) is 0 Å². The van der Waals surface area contributed by atoms with Crippen molar-refractivity contribution in [2.75, 3.05) is 5.73 Å². The summed E-state index contributed by atoms with van der Waals surface area (Å²) in [7, 11) is 0. The van der Waals surface area contributed by atoms with Gasteiger partial charge in [-0.3, -0.25) is 4.79 Å². The van der Waals surface area contributed by atoms with E-state index in [-0.39, 0.29) is 5.75 Å². The molecule has 0 saturated heterocycles. The lowest BCUT2D eigenvalue weighted by molar-refractivity contribution is 0.0956. The third-order valence-electron chi connectivity index (χ3n) is 2.76. The summed E-state index contributed by atoms with van der Waals surface area (Å²) >= 11 is 0. The van der Waals surface area contributed by atoms with Crippen LogP contribution in [0.2, 0.25) is 0 Å². The second kappa shape index (κ2) is 5.88. The summed E-state index contributed by atoms with van der Waals surface area (Å²) in [6.45, 7) is 1.90. The molecule has 0 bridgehead atoms. The Morgan fingerprint density at radius 3 is 2.80 bits per heavy atom. The first-order valence-electron chi connectivity index (χ1n) is 6.05. The number of para-hydroxylation sites is 1. The second-order valence-corrected chi connectivity index (χ2v) is 4.35. The fraction of sp³-hybridized carbons (Fsp3) is 0.0667. The summed E-state index contributed by atoms with van der Waals surface area (Å²) in [5.41, 5.74) is 10.3. The summed E-state index contributed by atoms with van der Waals surface area (Å²) in [6.07, 6.45) is 1.39. The van der Waals surface area contributed by atoms with Crippen LogP contribution in [0.3, 0.4) is 0 Å². The summed E-state index contributed by atoms with van der Waals surface area (Å²) in [5.74, 6) is -0.292. The maximum atomic E-state index is 11.8. The average Bonchev–Trinajstić information content (AvgIpc) is 2.43. The molecule has 0 aliphatic carbocycles. The van der Waals surface area contributed by atoms with Crippen molar-refractivity contribution < 1.29 is 9.90 Å². The molecule has 4 N–H and O–H groups in total. The van der Waals surface area contributed by atoms with Crippen molar-refractivity contribution in [2.24, 2.45) is 5.10 Å². The molecule has 0 saturated carbocycles. The average molecular weight is 269 g/mol. The van der Waals surface area contributed by atoms with Crippen molar-refractivity contribution in [3.63, 3.8) is 0 Å². The number of phenolic OH excluding ortho intramolecular Hbond substituents is 1. The highest BCUT2D eigenvalue weighted by Gasteiger charge is 2.07. The lowest BCUT2D eigenvalue weighted by Crippen LogP contribution is -2.19. The van der Waals surface area contributed by atoms with E-state index in [0.717, 1.165) is 5.56 Å². The van der Waals surface area contributed by atoms with Gasteiger partial charge >= 0.3 is 0 Å². The van der Waals surface area contributed by atoms with Crippen LogP contribution in [0.4, 0.5) is 5.69 Å². The topological polar surface area (TPSA) is 87.7 Å². The van der Waals surface area contributed by atoms with Crippen molar-refractivity contribution in [1.82, 2.24) is 5.43 Å². The van der Waals surface area contributed by atoms with Crippen LogP contribution in [0.5, 0.6) is 5.75 Å². The van der Waals surface area contributed by atoms with E-state index in [1.54, 1.807) is 42.5 Å². The zero-order chi connectivity index (χ0) is 14.5. The number of anilines is 1. The van der Waals surface area contributed by atoms with Crippen LogP contribution in [0, 0.1) is 6.92 Å². The Kier molecular flexibility index (Phi) is 4.00. The molecule has 0 spiro atoms. The molecule has 0 aromatic heterocycles. The SMILES string of the molecule is Cc1ccc(O)c(/C=N\NC(=O)c2ccccc2N)c1. The van der Waals surface area contributed by atoms with E-state index in [1.807, 2.05) is 6.92 Å². The van der Waals surface area contributed by atoms with Gasteiger partial charge in [-0.15, -0.1) is 0 Å². The van der Waals surface area contributed by atoms with Gasteiger partial charge in [0.25, 0.3) is 5.91 Å². The Morgan fingerprint density at radius 2 is 2.05 bits per heavy atom. The van der Waals surface area contributed by atoms with Gasteiger partial charge in [-0.05, 0) is 31.2 Å². The largest absolute Gasteiger partial charge is 0.507 e. The molecule has 0 aliphatic rings. The molecule has 0 unspecified atom stereocenters. The maximum absolute atomic E-state index is 11.8. The molecule has 5 nitrogen and oxygen atoms in total. The molecule has 2 rings (SSSR count). The third-order valence-corrected chi connectivity index (χ3v) is 2.76. The van der Waals surface area contributed by atoms with E-state index < -0.39 is 5.91 Å². The molecule has 102 valence electrons. The Labute approximate surface area is 116 Å². The van der Waals surface area contributed by atoms with Gasteiger partial charge in [-0.1, -0.05) is 23.8 Å². The number of nitrogens with one attached hydrogen (secondary N) is 1. The number of aryl methyl sites for hydroxylation is 1. The fourth-order valence-corrected chi connectivity index (χ4v) is 1.70. The molecule has 2 aromatic carbocycles. The van der Waals surface area contributed by atoms with E-state index in [0.29, 0.717) is 16.8 Å². The molecule has 0 aliphatic heterocycles. The maximum Gasteiger partial charge on any atom is 0.273 e. The number of benzene rings is 2. The summed E-state index contributed by atoms with van der Waals surface area (Å²) in [5, 5.41) is 13.5. The first-order chi connectivity index (χ1) is 9.58. The first-order valence-corrected chi connectivity index (χ1v) is 6.05. The molecule has 0 radical (unpaired) electrons. The lowest BCUT2D eigenvalue weighted by atomic mass is 10.1. The number of nitrogens with two attached hydrogens (primary N) is 1. The van der Waals surface area contributed by atoms with Crippen LogP contribution in [0.15, 0.2) is 47.6 Å². The molecular weight excluding hydrogens is 254 g/mol. The number of amides is 1. The van der Waals surface area contributed by atoms with Crippen LogP contribution in [-0.2, 0) is 0 Å². The van der Waals surface area contributed by atoms with Crippen molar-refractivity contribution in [3.05, 3.63) is 59.2 Å². The Bertz CT molecular complexity index is 666. The van der Waals surface area contributed by atoms with Crippen molar-refractivity contribution in [2.45, 2.75) is 6.92 Å². The standard InChI is InChI=1S/C15H15N3O2/c1-10-6-7-14(19)11(8-10)9-17-18-15(20)12-4-2-3-5-13(12)16/h2-9,19H,16H2,1H3,(H,18,20)/b17-9-. The Morgan fingerprint density at radius 1 is 1.30 bits per heavy atom. The highest BCUT2D eigenvalue weighted by atomic mass is 16.3. The predicted molar refractivity (Wildman–Crippen MR) is 78.8 cm³/mol. The number of aromatic hydroxyl groups is 1. The molecule has 0 atom stereocenters. The Balaban J connectivity index is 2.09. The minimum atomic E-state index is -0.397. The number of nitrogen functional groups attached to an aromatic ring is 1. The van der Waals surface area contributed by atoms with Crippen molar-refractivity contribution >= 4 is 17.8 Å². The van der Waals surface area contributed by atoms with Crippen LogP contribution in [0.1, 0.15) is 21.5 Å². The molecule has 1 amide bonds. The number of hydrogen-bond acceptors (Lipinski definition) is 4. The van der Waals surface area contributed by atoms with Crippen molar-refractivity contribution in [3.8, 4) is 5.75 Å². The van der Waals surface area contributed by atoms with E-state index in [1.165, 1.54) is 6.21 Å². The van der Waals surface area contributed by atoms with E-state index in [4.69, 9.17) is 5.73 Å². The molecule has 5 heteroatoms. The van der Waals surface area contributed by atoms with Gasteiger partial charge in [0, 0.05) is 11.3 Å². The molecule has 20 heavy (non-hydrogen) atoms. The first kappa shape index (κ1) is 13.6. The van der Waals surface area contributed by atoms with Crippen LogP contribution in [0.25, 0.3) is 0 Å². The van der Waals surface area contributed by atoms with Gasteiger partial charge in [0.2, 0.25) is 0 Å². The fourth-order valence-electron chi connectivity index (χ4n) is 1.70. The van der Waals surface area contributed by atoms with E-state index in [2.05, 4.69) is 10.5 Å². The quantitative estimate of drug-likeness (QED) is 0.452. The number of carbonyl (C=O) groups excluding carboxylic acids is 1. The third kappa shape index (κ3) is 3.14. The molecule has 0 fully saturated rings. The van der Waals surface area contributed by atoms with Crippen LogP contribution >= 0.6 is 0 Å². The zero-order valence-corrected chi connectivity index (χ0v) is 11.0. The molecule has 0 heterocycles.